The first kappa shape index (κ1) is 16.3. The zero-order valence-electron chi connectivity index (χ0n) is 13.7. The molecule has 0 aliphatic heterocycles. The summed E-state index contributed by atoms with van der Waals surface area (Å²) in [6, 6.07) is 2.10. The van der Waals surface area contributed by atoms with E-state index in [-0.39, 0.29) is 0 Å². The Bertz CT molecular complexity index is 262. The van der Waals surface area contributed by atoms with Crippen molar-refractivity contribution in [3.8, 4) is 0 Å². The molecule has 0 heterocycles. The molecule has 0 bridgehead atoms. The number of hydrogen-bond donors (Lipinski definition) is 1. The van der Waals surface area contributed by atoms with E-state index < -0.39 is 0 Å². The second-order valence-corrected chi connectivity index (χ2v) is 6.90. The number of nitrogens with one attached hydrogen (secondary N) is 1. The molecule has 0 radical (unpaired) electrons. The highest BCUT2D eigenvalue weighted by Crippen LogP contribution is 2.35. The van der Waals surface area contributed by atoms with Crippen molar-refractivity contribution in [2.75, 3.05) is 26.8 Å². The van der Waals surface area contributed by atoms with Gasteiger partial charge in [0.1, 0.15) is 0 Å². The van der Waals surface area contributed by atoms with Gasteiger partial charge in [-0.05, 0) is 45.4 Å². The molecule has 0 amide bonds. The molecule has 0 spiro atoms. The van der Waals surface area contributed by atoms with E-state index in [2.05, 4.69) is 24.1 Å². The molecule has 2 atom stereocenters. The molecule has 2 fully saturated rings. The fraction of sp³-hybridized carbons (Fsp3) is 1.00. The van der Waals surface area contributed by atoms with E-state index in [0.29, 0.717) is 12.1 Å². The van der Waals surface area contributed by atoms with Gasteiger partial charge >= 0.3 is 0 Å². The molecule has 0 aromatic carbocycles. The van der Waals surface area contributed by atoms with Crippen LogP contribution >= 0.6 is 0 Å². The van der Waals surface area contributed by atoms with Crippen molar-refractivity contribution >= 4 is 0 Å². The van der Waals surface area contributed by atoms with Crippen molar-refractivity contribution in [3.63, 3.8) is 0 Å². The number of rotatable bonds is 9. The summed E-state index contributed by atoms with van der Waals surface area (Å²) in [5.74, 6) is 0.934. The molecule has 2 unspecified atom stereocenters. The lowest BCUT2D eigenvalue weighted by Gasteiger charge is -2.36. The summed E-state index contributed by atoms with van der Waals surface area (Å²) < 4.78 is 5.31. The van der Waals surface area contributed by atoms with Gasteiger partial charge in [-0.25, -0.2) is 0 Å². The molecule has 0 saturated heterocycles. The first-order chi connectivity index (χ1) is 9.72. The van der Waals surface area contributed by atoms with Crippen molar-refractivity contribution < 1.29 is 4.74 Å². The summed E-state index contributed by atoms with van der Waals surface area (Å²) >= 11 is 0. The van der Waals surface area contributed by atoms with E-state index in [0.717, 1.165) is 31.7 Å². The largest absolute Gasteiger partial charge is 0.383 e. The molecule has 2 rings (SSSR count). The van der Waals surface area contributed by atoms with Gasteiger partial charge in [0.2, 0.25) is 0 Å². The summed E-state index contributed by atoms with van der Waals surface area (Å²) in [6.45, 7) is 7.84. The maximum atomic E-state index is 5.31. The van der Waals surface area contributed by atoms with Crippen molar-refractivity contribution in [2.24, 2.45) is 5.92 Å². The molecule has 1 N–H and O–H groups in total. The van der Waals surface area contributed by atoms with Gasteiger partial charge in [0.15, 0.2) is 0 Å². The van der Waals surface area contributed by atoms with Gasteiger partial charge in [0, 0.05) is 38.3 Å². The fourth-order valence-electron chi connectivity index (χ4n) is 3.63. The summed E-state index contributed by atoms with van der Waals surface area (Å²) in [5, 5.41) is 3.81. The van der Waals surface area contributed by atoms with Gasteiger partial charge in [-0.15, -0.1) is 0 Å². The van der Waals surface area contributed by atoms with Crippen LogP contribution < -0.4 is 5.32 Å². The Morgan fingerprint density at radius 3 is 2.40 bits per heavy atom. The van der Waals surface area contributed by atoms with Crippen LogP contribution in [0, 0.1) is 5.92 Å². The predicted molar refractivity (Wildman–Crippen MR) is 85.1 cm³/mol. The van der Waals surface area contributed by atoms with Gasteiger partial charge in [-0.2, -0.15) is 0 Å². The Hall–Kier alpha value is -0.120. The molecule has 118 valence electrons. The monoisotopic (exact) mass is 282 g/mol. The molecule has 0 aromatic rings. The number of hydrogen-bond acceptors (Lipinski definition) is 3. The van der Waals surface area contributed by atoms with E-state index in [1.165, 1.54) is 44.9 Å². The van der Waals surface area contributed by atoms with Crippen LogP contribution in [-0.2, 0) is 4.74 Å². The second-order valence-electron chi connectivity index (χ2n) is 6.90. The Kier molecular flexibility index (Phi) is 6.79. The van der Waals surface area contributed by atoms with Crippen LogP contribution in [0.4, 0.5) is 0 Å². The standard InChI is InChI=1S/C17H34N2O/c1-14(13-18-17-7-5-4-6-8-17)19(11-12-20-3)15(2)16-9-10-16/h14-18H,4-13H2,1-3H3. The SMILES string of the molecule is COCCN(C(C)CNC1CCCCC1)C(C)C1CC1. The minimum absolute atomic E-state index is 0.614. The quantitative estimate of drug-likeness (QED) is 0.703. The minimum Gasteiger partial charge on any atom is -0.383 e. The van der Waals surface area contributed by atoms with E-state index in [1.807, 2.05) is 7.11 Å². The van der Waals surface area contributed by atoms with Gasteiger partial charge in [-0.1, -0.05) is 19.3 Å². The highest BCUT2D eigenvalue weighted by atomic mass is 16.5. The van der Waals surface area contributed by atoms with E-state index in [4.69, 9.17) is 4.74 Å². The molecule has 2 aliphatic rings. The fourth-order valence-corrected chi connectivity index (χ4v) is 3.63. The van der Waals surface area contributed by atoms with Crippen LogP contribution in [0.1, 0.15) is 58.8 Å². The summed E-state index contributed by atoms with van der Waals surface area (Å²) in [7, 11) is 1.81. The molecular formula is C17H34N2O. The van der Waals surface area contributed by atoms with Crippen LogP contribution in [0.2, 0.25) is 0 Å². The Balaban J connectivity index is 1.76. The highest BCUT2D eigenvalue weighted by Gasteiger charge is 2.33. The molecule has 2 saturated carbocycles. The van der Waals surface area contributed by atoms with E-state index >= 15 is 0 Å². The lowest BCUT2D eigenvalue weighted by atomic mass is 9.95. The van der Waals surface area contributed by atoms with Crippen molar-refractivity contribution in [2.45, 2.75) is 76.9 Å². The normalized spacial score (nSPS) is 24.0. The first-order valence-corrected chi connectivity index (χ1v) is 8.70. The van der Waals surface area contributed by atoms with Crippen LogP contribution in [0.15, 0.2) is 0 Å². The Labute approximate surface area is 125 Å². The van der Waals surface area contributed by atoms with Gasteiger partial charge in [-0.3, -0.25) is 4.90 Å². The average Bonchev–Trinajstić information content (AvgIpc) is 3.31. The summed E-state index contributed by atoms with van der Waals surface area (Å²) in [6.07, 6.45) is 9.87. The molecule has 3 heteroatoms. The van der Waals surface area contributed by atoms with Crippen LogP contribution in [-0.4, -0.2) is 49.8 Å². The molecule has 2 aliphatic carbocycles. The van der Waals surface area contributed by atoms with Gasteiger partial charge in [0.25, 0.3) is 0 Å². The van der Waals surface area contributed by atoms with Crippen molar-refractivity contribution in [1.82, 2.24) is 10.2 Å². The second kappa shape index (κ2) is 8.35. The lowest BCUT2D eigenvalue weighted by molar-refractivity contribution is 0.0850. The maximum Gasteiger partial charge on any atom is 0.0589 e. The smallest absolute Gasteiger partial charge is 0.0589 e. The third kappa shape index (κ3) is 5.01. The molecule has 3 nitrogen and oxygen atoms in total. The van der Waals surface area contributed by atoms with Crippen LogP contribution in [0.5, 0.6) is 0 Å². The third-order valence-corrected chi connectivity index (χ3v) is 5.25. The molecule has 0 aromatic heterocycles. The van der Waals surface area contributed by atoms with E-state index in [9.17, 15) is 0 Å². The first-order valence-electron chi connectivity index (χ1n) is 8.70. The maximum absolute atomic E-state index is 5.31. The summed E-state index contributed by atoms with van der Waals surface area (Å²) in [5.41, 5.74) is 0. The van der Waals surface area contributed by atoms with Crippen molar-refractivity contribution in [1.29, 1.82) is 0 Å². The molecule has 20 heavy (non-hydrogen) atoms. The number of nitrogens with zero attached hydrogens (tertiary/aromatic N) is 1. The van der Waals surface area contributed by atoms with E-state index in [1.54, 1.807) is 0 Å². The Morgan fingerprint density at radius 1 is 1.10 bits per heavy atom. The Morgan fingerprint density at radius 2 is 1.80 bits per heavy atom. The number of ether oxygens (including phenoxy) is 1. The van der Waals surface area contributed by atoms with Crippen molar-refractivity contribution in [3.05, 3.63) is 0 Å². The minimum atomic E-state index is 0.614. The number of methoxy groups -OCH3 is 1. The topological polar surface area (TPSA) is 24.5 Å². The van der Waals surface area contributed by atoms with Crippen LogP contribution in [0.3, 0.4) is 0 Å². The lowest BCUT2D eigenvalue weighted by Crippen LogP contribution is -2.49. The predicted octanol–water partition coefficient (Wildman–Crippen LogP) is 3.04. The van der Waals surface area contributed by atoms with Gasteiger partial charge < -0.3 is 10.1 Å². The van der Waals surface area contributed by atoms with Gasteiger partial charge in [0.05, 0.1) is 6.61 Å². The highest BCUT2D eigenvalue weighted by molar-refractivity contribution is 4.88. The molecular weight excluding hydrogens is 248 g/mol. The zero-order chi connectivity index (χ0) is 14.4. The third-order valence-electron chi connectivity index (χ3n) is 5.25. The van der Waals surface area contributed by atoms with Crippen LogP contribution in [0.25, 0.3) is 0 Å². The average molecular weight is 282 g/mol. The summed E-state index contributed by atoms with van der Waals surface area (Å²) in [4.78, 5) is 2.66. The zero-order valence-corrected chi connectivity index (χ0v) is 13.7.